The fourth-order valence-corrected chi connectivity index (χ4v) is 4.43. The summed E-state index contributed by atoms with van der Waals surface area (Å²) in [6.07, 6.45) is 28.8. The number of nitrogens with one attached hydrogen (secondary N) is 1. The molecule has 0 spiro atoms. The Morgan fingerprint density at radius 3 is 1.73 bits per heavy atom. The van der Waals surface area contributed by atoms with E-state index < -0.39 is 0 Å². The molecule has 1 rings (SSSR count). The van der Waals surface area contributed by atoms with Crippen LogP contribution in [0.15, 0.2) is 36.9 Å². The smallest absolute Gasteiger partial charge is 0.224 e. The molecule has 188 valence electrons. The van der Waals surface area contributed by atoms with Gasteiger partial charge in [0, 0.05) is 12.1 Å². The molecule has 2 nitrogen and oxygen atoms in total. The molecule has 0 radical (unpaired) electrons. The van der Waals surface area contributed by atoms with E-state index in [2.05, 4.69) is 43.1 Å². The molecular weight excluding hydrogens is 402 g/mol. The minimum atomic E-state index is 0.148. The number of anilines is 1. The van der Waals surface area contributed by atoms with Crippen LogP contribution in [0.4, 0.5) is 5.69 Å². The third-order valence-corrected chi connectivity index (χ3v) is 6.62. The van der Waals surface area contributed by atoms with Gasteiger partial charge in [-0.3, -0.25) is 4.79 Å². The van der Waals surface area contributed by atoms with E-state index in [4.69, 9.17) is 0 Å². The molecule has 2 heteroatoms. The highest BCUT2D eigenvalue weighted by atomic mass is 16.1. The van der Waals surface area contributed by atoms with E-state index in [1.165, 1.54) is 108 Å². The number of benzene rings is 1. The van der Waals surface area contributed by atoms with Crippen molar-refractivity contribution in [2.24, 2.45) is 0 Å². The third-order valence-electron chi connectivity index (χ3n) is 6.62. The van der Waals surface area contributed by atoms with Gasteiger partial charge in [-0.25, -0.2) is 0 Å². The average Bonchev–Trinajstić information content (AvgIpc) is 2.82. The Bertz CT molecular complexity index is 577. The minimum Gasteiger partial charge on any atom is -0.326 e. The van der Waals surface area contributed by atoms with Crippen molar-refractivity contribution in [2.75, 3.05) is 5.32 Å². The topological polar surface area (TPSA) is 29.1 Å². The first kappa shape index (κ1) is 29.5. The van der Waals surface area contributed by atoms with Crippen molar-refractivity contribution in [1.82, 2.24) is 0 Å². The zero-order chi connectivity index (χ0) is 23.8. The Morgan fingerprint density at radius 2 is 1.18 bits per heavy atom. The molecule has 0 saturated heterocycles. The normalized spacial score (nSPS) is 10.9. The molecule has 0 heterocycles. The predicted molar refractivity (Wildman–Crippen MR) is 147 cm³/mol. The molecule has 33 heavy (non-hydrogen) atoms. The van der Waals surface area contributed by atoms with Gasteiger partial charge in [0.2, 0.25) is 5.91 Å². The van der Waals surface area contributed by atoms with E-state index in [-0.39, 0.29) is 5.91 Å². The van der Waals surface area contributed by atoms with E-state index >= 15 is 0 Å². The van der Waals surface area contributed by atoms with E-state index in [9.17, 15) is 4.79 Å². The molecular formula is C31H53NO. The third kappa shape index (κ3) is 18.5. The van der Waals surface area contributed by atoms with Crippen LogP contribution in [0.25, 0.3) is 0 Å². The van der Waals surface area contributed by atoms with Gasteiger partial charge in [-0.15, -0.1) is 6.58 Å². The summed E-state index contributed by atoms with van der Waals surface area (Å²) in [5.74, 6) is 0.148. The maximum Gasteiger partial charge on any atom is 0.224 e. The van der Waals surface area contributed by atoms with Crippen molar-refractivity contribution in [3.05, 3.63) is 42.5 Å². The lowest BCUT2D eigenvalue weighted by molar-refractivity contribution is -0.116. The monoisotopic (exact) mass is 455 g/mol. The molecule has 1 aromatic carbocycles. The maximum absolute atomic E-state index is 12.1. The average molecular weight is 456 g/mol. The summed E-state index contributed by atoms with van der Waals surface area (Å²) in [7, 11) is 0. The zero-order valence-electron chi connectivity index (χ0n) is 21.9. The number of amides is 1. The van der Waals surface area contributed by atoms with Gasteiger partial charge in [0.05, 0.1) is 0 Å². The van der Waals surface area contributed by atoms with Crippen LogP contribution in [0.2, 0.25) is 0 Å². The lowest BCUT2D eigenvalue weighted by atomic mass is 10.0. The zero-order valence-corrected chi connectivity index (χ0v) is 21.9. The number of allylic oxidation sites excluding steroid dienone is 1. The highest BCUT2D eigenvalue weighted by molar-refractivity contribution is 5.90. The van der Waals surface area contributed by atoms with Crippen molar-refractivity contribution in [3.8, 4) is 0 Å². The quantitative estimate of drug-likeness (QED) is 0.129. The molecule has 0 unspecified atom stereocenters. The largest absolute Gasteiger partial charge is 0.326 e. The maximum atomic E-state index is 12.1. The lowest BCUT2D eigenvalue weighted by Gasteiger charge is -2.07. The number of carbonyl (C=O) groups is 1. The molecule has 0 fully saturated rings. The number of hydrogen-bond donors (Lipinski definition) is 1. The summed E-state index contributed by atoms with van der Waals surface area (Å²) in [5.41, 5.74) is 2.32. The highest BCUT2D eigenvalue weighted by Gasteiger charge is 2.03. The number of unbranched alkanes of at least 4 members (excludes halogenated alkanes) is 17. The molecule has 0 aliphatic rings. The van der Waals surface area contributed by atoms with Gasteiger partial charge in [-0.1, -0.05) is 121 Å². The second-order valence-corrected chi connectivity index (χ2v) is 9.83. The number of hydrogen-bond acceptors (Lipinski definition) is 1. The van der Waals surface area contributed by atoms with Gasteiger partial charge in [0.15, 0.2) is 0 Å². The lowest BCUT2D eigenvalue weighted by Crippen LogP contribution is -2.11. The molecule has 0 aliphatic heterocycles. The Morgan fingerprint density at radius 1 is 0.697 bits per heavy atom. The van der Waals surface area contributed by atoms with Gasteiger partial charge >= 0.3 is 0 Å². The Hall–Kier alpha value is -1.57. The van der Waals surface area contributed by atoms with Crippen LogP contribution in [-0.2, 0) is 11.2 Å². The predicted octanol–water partition coefficient (Wildman–Crippen LogP) is 10.2. The van der Waals surface area contributed by atoms with Crippen LogP contribution in [0.3, 0.4) is 0 Å². The second-order valence-electron chi connectivity index (χ2n) is 9.83. The number of aryl methyl sites for hydroxylation is 1. The van der Waals surface area contributed by atoms with Crippen LogP contribution >= 0.6 is 0 Å². The first-order valence-corrected chi connectivity index (χ1v) is 14.3. The standard InChI is InChI=1S/C31H53NO/c1-3-5-7-9-11-13-14-15-16-17-19-21-23-29-25-27-30(28-26-29)32-31(33)24-22-20-18-12-10-8-6-4-2/h4,25-28H,2-3,5-24H2,1H3,(H,32,33). The molecule has 0 aromatic heterocycles. The van der Waals surface area contributed by atoms with E-state index in [0.717, 1.165) is 31.4 Å². The summed E-state index contributed by atoms with van der Waals surface area (Å²) in [5, 5.41) is 3.05. The fourth-order valence-electron chi connectivity index (χ4n) is 4.43. The molecule has 0 saturated carbocycles. The molecule has 0 atom stereocenters. The van der Waals surface area contributed by atoms with Crippen LogP contribution in [-0.4, -0.2) is 5.91 Å². The van der Waals surface area contributed by atoms with Gasteiger partial charge in [-0.05, 0) is 49.8 Å². The van der Waals surface area contributed by atoms with Gasteiger partial charge < -0.3 is 5.32 Å². The highest BCUT2D eigenvalue weighted by Crippen LogP contribution is 2.16. The van der Waals surface area contributed by atoms with Crippen LogP contribution in [0, 0.1) is 0 Å². The van der Waals surface area contributed by atoms with Crippen molar-refractivity contribution >= 4 is 11.6 Å². The molecule has 0 bridgehead atoms. The Kier molecular flexibility index (Phi) is 19.8. The first-order chi connectivity index (χ1) is 16.3. The number of carbonyl (C=O) groups excluding carboxylic acids is 1. The summed E-state index contributed by atoms with van der Waals surface area (Å²) in [4.78, 5) is 12.1. The van der Waals surface area contributed by atoms with Gasteiger partial charge in [-0.2, -0.15) is 0 Å². The van der Waals surface area contributed by atoms with Crippen molar-refractivity contribution < 1.29 is 4.79 Å². The molecule has 1 N–H and O–H groups in total. The summed E-state index contributed by atoms with van der Waals surface area (Å²) >= 11 is 0. The SMILES string of the molecule is C=CCCCCCCCCC(=O)Nc1ccc(CCCCCCCCCCCCCC)cc1. The summed E-state index contributed by atoms with van der Waals surface area (Å²) < 4.78 is 0. The molecule has 1 aromatic rings. The first-order valence-electron chi connectivity index (χ1n) is 14.3. The van der Waals surface area contributed by atoms with Crippen LogP contribution in [0.5, 0.6) is 0 Å². The van der Waals surface area contributed by atoms with Crippen molar-refractivity contribution in [2.45, 2.75) is 142 Å². The van der Waals surface area contributed by atoms with Crippen LogP contribution in [0.1, 0.15) is 141 Å². The summed E-state index contributed by atoms with van der Waals surface area (Å²) in [6, 6.07) is 8.48. The fraction of sp³-hybridized carbons (Fsp3) is 0.710. The van der Waals surface area contributed by atoms with Gasteiger partial charge in [0.1, 0.15) is 0 Å². The molecule has 1 amide bonds. The van der Waals surface area contributed by atoms with Crippen molar-refractivity contribution in [3.63, 3.8) is 0 Å². The molecule has 0 aliphatic carbocycles. The second kappa shape index (κ2) is 22.2. The van der Waals surface area contributed by atoms with Crippen LogP contribution < -0.4 is 5.32 Å². The Labute approximate surface area is 206 Å². The van der Waals surface area contributed by atoms with Crippen molar-refractivity contribution in [1.29, 1.82) is 0 Å². The van der Waals surface area contributed by atoms with Gasteiger partial charge in [0.25, 0.3) is 0 Å². The summed E-state index contributed by atoms with van der Waals surface area (Å²) in [6.45, 7) is 6.04. The number of rotatable bonds is 23. The van der Waals surface area contributed by atoms with E-state index in [0.29, 0.717) is 6.42 Å². The Balaban J connectivity index is 1.98. The minimum absolute atomic E-state index is 0.148. The van der Waals surface area contributed by atoms with E-state index in [1.54, 1.807) is 0 Å². The van der Waals surface area contributed by atoms with E-state index in [1.807, 2.05) is 6.08 Å².